The van der Waals surface area contributed by atoms with Crippen molar-refractivity contribution in [3.05, 3.63) is 57.8 Å². The third-order valence-electron chi connectivity index (χ3n) is 12.3. The SMILES string of the molecule is COCC[C@H]1[C@@H](O)[C@H]([n+]2cn(C)c3c2NC(NC(C)C)=NC3O)O[C@@H]1COP(=O)(O)OP(=O)(O)OP(=O)(O)OCC1O[C@@H](n2cnc3c(N)ncnc32)[C@H](OC)[C@@H]1OP(=O)(O)OC[C@H]1O[C@@H](n2ccc(=O)[nH]c2=O)[C@H](O)[C@@H]1O. The zero-order valence-electron chi connectivity index (χ0n) is 41.5. The van der Waals surface area contributed by atoms with Crippen molar-refractivity contribution >= 4 is 60.0 Å². The van der Waals surface area contributed by atoms with Gasteiger partial charge in [0.05, 0.1) is 39.3 Å². The second kappa shape index (κ2) is 23.6. The fourth-order valence-electron chi connectivity index (χ4n) is 8.94. The van der Waals surface area contributed by atoms with Crippen molar-refractivity contribution < 1.29 is 113 Å². The van der Waals surface area contributed by atoms with E-state index in [0.717, 1.165) is 36.6 Å². The Balaban J connectivity index is 0.935. The van der Waals surface area contributed by atoms with E-state index in [4.69, 9.17) is 47.5 Å². The molecule has 0 bridgehead atoms. The number of nitrogens with two attached hydrogens (primary N) is 1. The molecule has 37 nitrogen and oxygen atoms in total. The van der Waals surface area contributed by atoms with Gasteiger partial charge in [-0.15, -0.1) is 0 Å². The Kier molecular flexibility index (Phi) is 18.1. The molecule has 13 N–H and O–H groups in total. The summed E-state index contributed by atoms with van der Waals surface area (Å²) in [5, 5.41) is 49.8. The molecule has 4 aliphatic heterocycles. The van der Waals surface area contributed by atoms with E-state index in [1.54, 1.807) is 7.05 Å². The summed E-state index contributed by atoms with van der Waals surface area (Å²) in [7, 11) is -19.3. The van der Waals surface area contributed by atoms with Crippen molar-refractivity contribution in [1.82, 2.24) is 39.0 Å². The number of anilines is 2. The molecule has 0 radical (unpaired) electrons. The Morgan fingerprint density at radius 3 is 2.13 bits per heavy atom. The molecule has 434 valence electrons. The number of aliphatic imine (C=N–C) groups is 1. The number of ether oxygens (including phenoxy) is 5. The molecular weight excluding hydrogens is 1140 g/mol. The van der Waals surface area contributed by atoms with Crippen molar-refractivity contribution in [3.8, 4) is 0 Å². The molecular formula is C37H57N12O25P4+. The first kappa shape index (κ1) is 59.8. The second-order valence-corrected chi connectivity index (χ2v) is 24.1. The average molecular weight is 1190 g/mol. The number of nitrogens with zero attached hydrogens (tertiary/aromatic N) is 8. The largest absolute Gasteiger partial charge is 0.490 e. The van der Waals surface area contributed by atoms with Gasteiger partial charge in [0.25, 0.3) is 17.3 Å². The number of hydrogen-bond donors (Lipinski definition) is 12. The van der Waals surface area contributed by atoms with Crippen molar-refractivity contribution in [2.24, 2.45) is 18.0 Å². The zero-order valence-corrected chi connectivity index (χ0v) is 45.0. The fraction of sp³-hybridized carbons (Fsp3) is 0.649. The highest BCUT2D eigenvalue weighted by molar-refractivity contribution is 7.66. The number of nitrogens with one attached hydrogen (secondary N) is 3. The number of rotatable bonds is 23. The fourth-order valence-corrected chi connectivity index (χ4v) is 13.4. The van der Waals surface area contributed by atoms with Crippen LogP contribution in [-0.2, 0) is 75.7 Å². The summed E-state index contributed by atoms with van der Waals surface area (Å²) in [6, 6.07) is 0.830. The Morgan fingerprint density at radius 2 is 1.47 bits per heavy atom. The van der Waals surface area contributed by atoms with Crippen LogP contribution in [0.5, 0.6) is 0 Å². The number of hydrogen-bond acceptors (Lipinski definition) is 28. The van der Waals surface area contributed by atoms with E-state index >= 15 is 0 Å². The Morgan fingerprint density at radius 1 is 0.821 bits per heavy atom. The van der Waals surface area contributed by atoms with Gasteiger partial charge in [-0.2, -0.15) is 13.6 Å². The molecule has 4 aliphatic rings. The van der Waals surface area contributed by atoms with E-state index in [0.29, 0.717) is 5.69 Å². The lowest BCUT2D eigenvalue weighted by Crippen LogP contribution is -2.49. The first-order valence-corrected chi connectivity index (χ1v) is 29.1. The van der Waals surface area contributed by atoms with Crippen LogP contribution >= 0.6 is 31.3 Å². The first-order valence-electron chi connectivity index (χ1n) is 23.1. The molecule has 17 atom stereocenters. The Bertz CT molecular complexity index is 3160. The van der Waals surface area contributed by atoms with Crippen LogP contribution in [0.4, 0.5) is 11.6 Å². The molecule has 4 aromatic rings. The maximum atomic E-state index is 13.6. The average Bonchev–Trinajstić information content (AvgIpc) is 4.32. The zero-order chi connectivity index (χ0) is 56.8. The van der Waals surface area contributed by atoms with Gasteiger partial charge in [-0.3, -0.25) is 41.6 Å². The van der Waals surface area contributed by atoms with Gasteiger partial charge in [0.15, 0.2) is 30.2 Å². The molecule has 78 heavy (non-hydrogen) atoms. The number of guanidine groups is 1. The number of aromatic nitrogens is 8. The van der Waals surface area contributed by atoms with Crippen LogP contribution in [0, 0.1) is 5.92 Å². The summed E-state index contributed by atoms with van der Waals surface area (Å²) in [5.41, 5.74) is 4.50. The highest BCUT2D eigenvalue weighted by atomic mass is 31.3. The van der Waals surface area contributed by atoms with Crippen LogP contribution < -0.4 is 32.2 Å². The number of methoxy groups -OCH3 is 2. The van der Waals surface area contributed by atoms with Crippen LogP contribution in [0.15, 0.2) is 45.8 Å². The number of nitrogen functional groups attached to an aromatic ring is 1. The van der Waals surface area contributed by atoms with Crippen LogP contribution in [0.25, 0.3) is 11.2 Å². The van der Waals surface area contributed by atoms with Crippen LogP contribution in [0.3, 0.4) is 0 Å². The smallest absolute Gasteiger partial charge is 0.387 e. The van der Waals surface area contributed by atoms with Gasteiger partial charge in [-0.25, -0.2) is 47.9 Å². The molecule has 0 spiro atoms. The van der Waals surface area contributed by atoms with Gasteiger partial charge in [0.1, 0.15) is 54.6 Å². The number of aliphatic hydroxyl groups is 4. The molecule has 4 aromatic heterocycles. The van der Waals surface area contributed by atoms with Crippen molar-refractivity contribution in [2.45, 2.75) is 100 Å². The molecule has 3 fully saturated rings. The summed E-state index contributed by atoms with van der Waals surface area (Å²) in [6.45, 7) is 0.579. The summed E-state index contributed by atoms with van der Waals surface area (Å²) in [6.07, 6.45) is -14.1. The number of phosphoric ester groups is 3. The predicted octanol–water partition coefficient (Wildman–Crippen LogP) is -2.63. The van der Waals surface area contributed by atoms with Gasteiger partial charge >= 0.3 is 37.0 Å². The minimum atomic E-state index is -6.17. The normalized spacial score (nSPS) is 31.3. The summed E-state index contributed by atoms with van der Waals surface area (Å²) < 4.78 is 116. The lowest BCUT2D eigenvalue weighted by Gasteiger charge is -2.26. The maximum absolute atomic E-state index is 13.6. The van der Waals surface area contributed by atoms with Crippen LogP contribution in [0.2, 0.25) is 0 Å². The number of aromatic amines is 1. The summed E-state index contributed by atoms with van der Waals surface area (Å²) in [5.74, 6) is -0.498. The third-order valence-corrected chi connectivity index (χ3v) is 17.6. The molecule has 0 amide bonds. The van der Waals surface area contributed by atoms with Gasteiger partial charge in [-0.05, 0) is 20.3 Å². The van der Waals surface area contributed by atoms with E-state index in [-0.39, 0.29) is 47.8 Å². The molecule has 0 aromatic carbocycles. The standard InChI is InChI=1S/C37H56N12O25P4/c1-16(2)42-36-44-31-23(32(54)45-36)46(3)15-49(31)33-24(51)17(7-9-64-4)18(69-33)10-67-76(58,59)73-78(62,63)74-77(60,61)68-12-20-27(28(65-5)35(71-20)48-14-41-22-29(38)39-13-40-30(22)48)72-75(56,57)66-11-19-25(52)26(53)34(70-19)47-8-6-21(50)43-37(47)55/h6,8,13-20,24-28,32-35,51-54H,7,9-12H2,1-5H3,(H8-,38,39,40,42,43,44,45,50,55,56,57,58,59,60,61,62,63)/p+1/t17-,18-,19-,20?,24-,25-,26-,27-,28-,32?,33-,34-,35-/m1/s1. The number of phosphoric acid groups is 4. The Hall–Kier alpha value is -4.33. The second-order valence-electron chi connectivity index (χ2n) is 18.1. The van der Waals surface area contributed by atoms with E-state index in [1.165, 1.54) is 27.1 Å². The molecule has 8 rings (SSSR count). The first-order chi connectivity index (χ1) is 36.6. The molecule has 41 heteroatoms. The van der Waals surface area contributed by atoms with Crippen molar-refractivity contribution in [2.75, 3.05) is 51.7 Å². The predicted molar refractivity (Wildman–Crippen MR) is 256 cm³/mol. The summed E-state index contributed by atoms with van der Waals surface area (Å²) in [4.78, 5) is 85.0. The minimum absolute atomic E-state index is 0.0158. The number of aryl methyl sites for hydroxylation is 1. The highest BCUT2D eigenvalue weighted by Crippen LogP contribution is 2.68. The number of fused-ring (bicyclic) bond motifs is 2. The van der Waals surface area contributed by atoms with Gasteiger partial charge in [0.2, 0.25) is 18.1 Å². The van der Waals surface area contributed by atoms with E-state index in [1.807, 2.05) is 18.8 Å². The number of aliphatic hydroxyl groups excluding tert-OH is 4. The van der Waals surface area contributed by atoms with Gasteiger partial charge in [-0.1, -0.05) is 0 Å². The molecule has 8 heterocycles. The number of imidazole rings is 2. The molecule has 6 unspecified atom stereocenters. The van der Waals surface area contributed by atoms with Crippen LogP contribution in [0.1, 0.15) is 50.9 Å². The lowest BCUT2D eigenvalue weighted by atomic mass is 9.95. The van der Waals surface area contributed by atoms with Gasteiger partial charge < -0.3 is 74.7 Å². The monoisotopic (exact) mass is 1190 g/mol. The van der Waals surface area contributed by atoms with E-state index in [9.17, 15) is 67.8 Å². The third kappa shape index (κ3) is 13.2. The van der Waals surface area contributed by atoms with Crippen molar-refractivity contribution in [3.63, 3.8) is 0 Å². The molecule has 0 aliphatic carbocycles. The van der Waals surface area contributed by atoms with Crippen molar-refractivity contribution in [1.29, 1.82) is 0 Å². The lowest BCUT2D eigenvalue weighted by molar-refractivity contribution is -0.753. The number of H-pyrrole nitrogens is 1. The summed E-state index contributed by atoms with van der Waals surface area (Å²) >= 11 is 0. The van der Waals surface area contributed by atoms with E-state index in [2.05, 4.69) is 39.2 Å². The Labute approximate surface area is 438 Å². The molecule has 0 saturated carbocycles. The topological polar surface area (TPSA) is 501 Å². The molecule has 3 saturated heterocycles. The minimum Gasteiger partial charge on any atom is -0.387 e. The highest BCUT2D eigenvalue weighted by Gasteiger charge is 2.54. The van der Waals surface area contributed by atoms with Crippen LogP contribution in [-0.4, -0.2) is 175 Å². The van der Waals surface area contributed by atoms with Gasteiger partial charge in [0, 0.05) is 45.0 Å². The maximum Gasteiger partial charge on any atom is 0.490 e. The quantitative estimate of drug-likeness (QED) is 0.0267. The van der Waals surface area contributed by atoms with E-state index < -0.39 is 142 Å².